The van der Waals surface area contributed by atoms with Gasteiger partial charge in [-0.3, -0.25) is 0 Å². The van der Waals surface area contributed by atoms with E-state index in [0.717, 1.165) is 5.92 Å². The Morgan fingerprint density at radius 3 is 2.91 bits per heavy atom. The topological polar surface area (TPSA) is 0 Å². The second kappa shape index (κ2) is 5.60. The highest BCUT2D eigenvalue weighted by molar-refractivity contribution is 7.99. The lowest BCUT2D eigenvalue weighted by atomic mass is 10.0. The molecule has 1 rings (SSSR count). The van der Waals surface area contributed by atoms with Crippen molar-refractivity contribution in [1.29, 1.82) is 0 Å². The summed E-state index contributed by atoms with van der Waals surface area (Å²) in [6, 6.07) is 0. The van der Waals surface area contributed by atoms with Gasteiger partial charge in [-0.15, -0.1) is 11.6 Å². The molecule has 11 heavy (non-hydrogen) atoms. The highest BCUT2D eigenvalue weighted by Crippen LogP contribution is 2.31. The number of hydrogen-bond acceptors (Lipinski definition) is 2. The lowest BCUT2D eigenvalue weighted by molar-refractivity contribution is 0.547. The van der Waals surface area contributed by atoms with Crippen LogP contribution in [0.2, 0.25) is 0 Å². The van der Waals surface area contributed by atoms with Gasteiger partial charge < -0.3 is 0 Å². The molecule has 0 radical (unpaired) electrons. The van der Waals surface area contributed by atoms with Crippen LogP contribution in [0.15, 0.2) is 0 Å². The Balaban J connectivity index is 2.05. The van der Waals surface area contributed by atoms with Crippen molar-refractivity contribution in [2.24, 2.45) is 5.92 Å². The first kappa shape index (κ1) is 10.1. The van der Waals surface area contributed by atoms with Crippen molar-refractivity contribution in [3.8, 4) is 0 Å². The first-order chi connectivity index (χ1) is 5.34. The Hall–Kier alpha value is 0.990. The van der Waals surface area contributed by atoms with Crippen LogP contribution in [0.5, 0.6) is 0 Å². The average molecular weight is 211 g/mol. The Labute approximate surface area is 82.8 Å². The molecule has 3 heteroatoms. The van der Waals surface area contributed by atoms with Crippen molar-refractivity contribution >= 4 is 35.1 Å². The standard InChI is InChI=1S/C8H15ClS2/c1-10-4-2-3-7-5-11-6-8(7)9/h7-8H,2-6H2,1H3. The number of thioether (sulfide) groups is 2. The summed E-state index contributed by atoms with van der Waals surface area (Å²) in [5.74, 6) is 4.56. The zero-order valence-corrected chi connectivity index (χ0v) is 9.27. The molecule has 0 aliphatic carbocycles. The van der Waals surface area contributed by atoms with Crippen LogP contribution in [-0.2, 0) is 0 Å². The second-order valence-electron chi connectivity index (χ2n) is 2.95. The normalized spacial score (nSPS) is 31.1. The monoisotopic (exact) mass is 210 g/mol. The fraction of sp³-hybridized carbons (Fsp3) is 1.00. The predicted octanol–water partition coefficient (Wildman–Crippen LogP) is 3.10. The van der Waals surface area contributed by atoms with Gasteiger partial charge >= 0.3 is 0 Å². The van der Waals surface area contributed by atoms with E-state index < -0.39 is 0 Å². The molecule has 1 heterocycles. The molecule has 0 N–H and O–H groups in total. The fourth-order valence-corrected chi connectivity index (χ4v) is 3.70. The molecule has 1 aliphatic rings. The van der Waals surface area contributed by atoms with E-state index >= 15 is 0 Å². The maximum Gasteiger partial charge on any atom is 0.0462 e. The first-order valence-corrected chi connectivity index (χ1v) is 7.04. The largest absolute Gasteiger partial charge is 0.165 e. The minimum atomic E-state index is 0.460. The van der Waals surface area contributed by atoms with Gasteiger partial charge in [-0.25, -0.2) is 0 Å². The van der Waals surface area contributed by atoms with Gasteiger partial charge in [0.25, 0.3) is 0 Å². The number of alkyl halides is 1. The van der Waals surface area contributed by atoms with Crippen molar-refractivity contribution in [2.75, 3.05) is 23.5 Å². The maximum absolute atomic E-state index is 6.13. The predicted molar refractivity (Wildman–Crippen MR) is 58.1 cm³/mol. The van der Waals surface area contributed by atoms with E-state index in [-0.39, 0.29) is 0 Å². The molecule has 2 atom stereocenters. The second-order valence-corrected chi connectivity index (χ2v) is 5.57. The van der Waals surface area contributed by atoms with Gasteiger partial charge in [-0.1, -0.05) is 0 Å². The Morgan fingerprint density at radius 2 is 2.36 bits per heavy atom. The Morgan fingerprint density at radius 1 is 1.55 bits per heavy atom. The minimum absolute atomic E-state index is 0.460. The summed E-state index contributed by atoms with van der Waals surface area (Å²) in [5, 5.41) is 0.460. The van der Waals surface area contributed by atoms with Crippen LogP contribution in [0, 0.1) is 5.92 Å². The van der Waals surface area contributed by atoms with Crippen LogP contribution >= 0.6 is 35.1 Å². The number of hydrogen-bond donors (Lipinski definition) is 0. The molecular weight excluding hydrogens is 196 g/mol. The lowest BCUT2D eigenvalue weighted by Crippen LogP contribution is -2.11. The van der Waals surface area contributed by atoms with Gasteiger partial charge in [0, 0.05) is 11.1 Å². The quantitative estimate of drug-likeness (QED) is 0.517. The van der Waals surface area contributed by atoms with Gasteiger partial charge in [0.2, 0.25) is 0 Å². The molecule has 0 aromatic rings. The summed E-state index contributed by atoms with van der Waals surface area (Å²) in [4.78, 5) is 0. The summed E-state index contributed by atoms with van der Waals surface area (Å²) in [6.07, 6.45) is 4.85. The zero-order valence-electron chi connectivity index (χ0n) is 6.88. The molecule has 1 saturated heterocycles. The Bertz CT molecular complexity index is 108. The van der Waals surface area contributed by atoms with Gasteiger partial charge in [-0.2, -0.15) is 23.5 Å². The maximum atomic E-state index is 6.13. The van der Waals surface area contributed by atoms with Gasteiger partial charge in [0.05, 0.1) is 0 Å². The molecule has 1 fully saturated rings. The van der Waals surface area contributed by atoms with Crippen molar-refractivity contribution in [1.82, 2.24) is 0 Å². The third-order valence-corrected chi connectivity index (χ3v) is 4.69. The molecule has 0 spiro atoms. The minimum Gasteiger partial charge on any atom is -0.165 e. The van der Waals surface area contributed by atoms with Crippen LogP contribution < -0.4 is 0 Å². The van der Waals surface area contributed by atoms with E-state index in [4.69, 9.17) is 11.6 Å². The molecular formula is C8H15ClS2. The summed E-state index contributed by atoms with van der Waals surface area (Å²) >= 11 is 10.1. The van der Waals surface area contributed by atoms with E-state index in [1.807, 2.05) is 23.5 Å². The smallest absolute Gasteiger partial charge is 0.0462 e. The van der Waals surface area contributed by atoms with Crippen LogP contribution in [0.4, 0.5) is 0 Å². The summed E-state index contributed by atoms with van der Waals surface area (Å²) in [7, 11) is 0. The van der Waals surface area contributed by atoms with Crippen molar-refractivity contribution in [2.45, 2.75) is 18.2 Å². The highest BCUT2D eigenvalue weighted by atomic mass is 35.5. The molecule has 0 amide bonds. The molecule has 0 bridgehead atoms. The number of rotatable bonds is 4. The van der Waals surface area contributed by atoms with Crippen LogP contribution in [0.1, 0.15) is 12.8 Å². The van der Waals surface area contributed by atoms with Gasteiger partial charge in [0.15, 0.2) is 0 Å². The van der Waals surface area contributed by atoms with Crippen molar-refractivity contribution < 1.29 is 0 Å². The van der Waals surface area contributed by atoms with E-state index in [2.05, 4.69) is 6.26 Å². The van der Waals surface area contributed by atoms with E-state index in [1.54, 1.807) is 0 Å². The van der Waals surface area contributed by atoms with Gasteiger partial charge in [0.1, 0.15) is 0 Å². The number of halogens is 1. The molecule has 1 aliphatic heterocycles. The first-order valence-electron chi connectivity index (χ1n) is 4.05. The van der Waals surface area contributed by atoms with Crippen LogP contribution in [-0.4, -0.2) is 28.9 Å². The average Bonchev–Trinajstić information content (AvgIpc) is 2.37. The van der Waals surface area contributed by atoms with E-state index in [9.17, 15) is 0 Å². The van der Waals surface area contributed by atoms with Crippen molar-refractivity contribution in [3.63, 3.8) is 0 Å². The van der Waals surface area contributed by atoms with E-state index in [0.29, 0.717) is 5.38 Å². The van der Waals surface area contributed by atoms with Crippen LogP contribution in [0.3, 0.4) is 0 Å². The van der Waals surface area contributed by atoms with Crippen LogP contribution in [0.25, 0.3) is 0 Å². The molecule has 66 valence electrons. The highest BCUT2D eigenvalue weighted by Gasteiger charge is 2.24. The molecule has 0 nitrogen and oxygen atoms in total. The SMILES string of the molecule is CSCCCC1CSCC1Cl. The molecule has 0 aromatic carbocycles. The summed E-state index contributed by atoms with van der Waals surface area (Å²) in [6.45, 7) is 0. The lowest BCUT2D eigenvalue weighted by Gasteiger charge is -2.10. The third kappa shape index (κ3) is 3.47. The molecule has 0 saturated carbocycles. The van der Waals surface area contributed by atoms with E-state index in [1.165, 1.54) is 30.1 Å². The Kier molecular flexibility index (Phi) is 5.13. The third-order valence-electron chi connectivity index (χ3n) is 2.04. The zero-order chi connectivity index (χ0) is 8.10. The molecule has 0 aromatic heterocycles. The summed E-state index contributed by atoms with van der Waals surface area (Å²) < 4.78 is 0. The fourth-order valence-electron chi connectivity index (χ4n) is 1.33. The van der Waals surface area contributed by atoms with Crippen molar-refractivity contribution in [3.05, 3.63) is 0 Å². The summed E-state index contributed by atoms with van der Waals surface area (Å²) in [5.41, 5.74) is 0. The van der Waals surface area contributed by atoms with Gasteiger partial charge in [-0.05, 0) is 36.5 Å². The molecule has 2 unspecified atom stereocenters.